The molecule has 1 aliphatic heterocycles. The van der Waals surface area contributed by atoms with Crippen LogP contribution in [0.25, 0.3) is 5.69 Å². The SMILES string of the molecule is Cn1cc(NC(=O)[C@H]2CCO[C@@H]2c2cnn(-c3ccccc3)c2)ccc1=O. The third-order valence-corrected chi connectivity index (χ3v) is 4.73. The van der Waals surface area contributed by atoms with E-state index in [9.17, 15) is 9.59 Å². The average molecular weight is 364 g/mol. The van der Waals surface area contributed by atoms with Crippen molar-refractivity contribution in [1.29, 1.82) is 0 Å². The van der Waals surface area contributed by atoms with Gasteiger partial charge in [0.15, 0.2) is 0 Å². The summed E-state index contributed by atoms with van der Waals surface area (Å²) in [5.41, 5.74) is 2.29. The number of carbonyl (C=O) groups excluding carboxylic acids is 1. The number of pyridine rings is 1. The van der Waals surface area contributed by atoms with Crippen molar-refractivity contribution in [3.63, 3.8) is 0 Å². The molecule has 7 heteroatoms. The molecule has 7 nitrogen and oxygen atoms in total. The van der Waals surface area contributed by atoms with E-state index < -0.39 is 0 Å². The highest BCUT2D eigenvalue weighted by Gasteiger charge is 2.36. The maximum atomic E-state index is 12.8. The van der Waals surface area contributed by atoms with E-state index >= 15 is 0 Å². The molecule has 1 fully saturated rings. The first-order valence-electron chi connectivity index (χ1n) is 8.81. The monoisotopic (exact) mass is 364 g/mol. The lowest BCUT2D eigenvalue weighted by Gasteiger charge is -2.17. The Morgan fingerprint density at radius 1 is 1.19 bits per heavy atom. The lowest BCUT2D eigenvalue weighted by Crippen LogP contribution is -2.26. The van der Waals surface area contributed by atoms with E-state index in [1.807, 2.05) is 36.5 Å². The summed E-state index contributed by atoms with van der Waals surface area (Å²) in [6.45, 7) is 0.520. The number of nitrogens with one attached hydrogen (secondary N) is 1. The van der Waals surface area contributed by atoms with E-state index in [0.717, 1.165) is 11.3 Å². The highest BCUT2D eigenvalue weighted by molar-refractivity contribution is 5.93. The van der Waals surface area contributed by atoms with Gasteiger partial charge < -0.3 is 14.6 Å². The summed E-state index contributed by atoms with van der Waals surface area (Å²) in [7, 11) is 1.65. The summed E-state index contributed by atoms with van der Waals surface area (Å²) in [6, 6.07) is 12.8. The molecule has 0 radical (unpaired) electrons. The topological polar surface area (TPSA) is 78.2 Å². The first-order valence-corrected chi connectivity index (χ1v) is 8.81. The maximum absolute atomic E-state index is 12.8. The normalized spacial score (nSPS) is 19.1. The molecule has 0 saturated carbocycles. The Balaban J connectivity index is 1.52. The van der Waals surface area contributed by atoms with Crippen molar-refractivity contribution in [1.82, 2.24) is 14.3 Å². The predicted molar refractivity (Wildman–Crippen MR) is 101 cm³/mol. The van der Waals surface area contributed by atoms with Gasteiger partial charge in [0.1, 0.15) is 0 Å². The number of anilines is 1. The quantitative estimate of drug-likeness (QED) is 0.770. The standard InChI is InChI=1S/C20H20N4O3/c1-23-13-15(7-8-18(23)25)22-20(26)17-9-10-27-19(17)14-11-21-24(12-14)16-5-3-2-4-6-16/h2-8,11-13,17,19H,9-10H2,1H3,(H,22,26)/t17-,19+/m0/s1. The number of carbonyl (C=O) groups is 1. The van der Waals surface area contributed by atoms with Gasteiger partial charge in [0.2, 0.25) is 11.5 Å². The zero-order valence-corrected chi connectivity index (χ0v) is 14.9. The van der Waals surface area contributed by atoms with Crippen molar-refractivity contribution in [2.24, 2.45) is 13.0 Å². The highest BCUT2D eigenvalue weighted by Crippen LogP contribution is 2.35. The summed E-state index contributed by atoms with van der Waals surface area (Å²) < 4.78 is 9.04. The fourth-order valence-corrected chi connectivity index (χ4v) is 3.30. The van der Waals surface area contributed by atoms with Crippen molar-refractivity contribution in [3.8, 4) is 5.69 Å². The molecule has 0 spiro atoms. The van der Waals surface area contributed by atoms with Crippen LogP contribution in [0, 0.1) is 5.92 Å². The van der Waals surface area contributed by atoms with E-state index in [-0.39, 0.29) is 23.5 Å². The van der Waals surface area contributed by atoms with E-state index in [2.05, 4.69) is 10.4 Å². The van der Waals surface area contributed by atoms with Crippen LogP contribution in [-0.2, 0) is 16.6 Å². The van der Waals surface area contributed by atoms with Gasteiger partial charge in [-0.05, 0) is 24.6 Å². The Labute approximate surface area is 156 Å². The van der Waals surface area contributed by atoms with E-state index in [1.165, 1.54) is 10.6 Å². The molecule has 1 aromatic carbocycles. The van der Waals surface area contributed by atoms with Crippen LogP contribution < -0.4 is 10.9 Å². The Hall–Kier alpha value is -3.19. The van der Waals surface area contributed by atoms with Crippen LogP contribution >= 0.6 is 0 Å². The number of para-hydroxylation sites is 1. The molecule has 138 valence electrons. The van der Waals surface area contributed by atoms with Crippen LogP contribution in [0.4, 0.5) is 5.69 Å². The summed E-state index contributed by atoms with van der Waals surface area (Å²) in [5.74, 6) is -0.431. The van der Waals surface area contributed by atoms with E-state index in [0.29, 0.717) is 18.7 Å². The number of rotatable bonds is 4. The molecule has 2 aromatic heterocycles. The predicted octanol–water partition coefficient (Wildman–Crippen LogP) is 2.29. The second kappa shape index (κ2) is 7.20. The largest absolute Gasteiger partial charge is 0.373 e. The number of amides is 1. The lowest BCUT2D eigenvalue weighted by atomic mass is 9.96. The summed E-state index contributed by atoms with van der Waals surface area (Å²) in [5, 5.41) is 7.28. The molecule has 4 rings (SSSR count). The maximum Gasteiger partial charge on any atom is 0.250 e. The van der Waals surface area contributed by atoms with Crippen LogP contribution in [0.3, 0.4) is 0 Å². The van der Waals surface area contributed by atoms with Crippen molar-refractivity contribution >= 4 is 11.6 Å². The van der Waals surface area contributed by atoms with Gasteiger partial charge in [-0.3, -0.25) is 9.59 Å². The smallest absolute Gasteiger partial charge is 0.250 e. The molecule has 0 unspecified atom stereocenters. The zero-order valence-electron chi connectivity index (χ0n) is 14.9. The van der Waals surface area contributed by atoms with Gasteiger partial charge in [-0.15, -0.1) is 0 Å². The summed E-state index contributed by atoms with van der Waals surface area (Å²) in [6.07, 6.45) is 5.56. The molecule has 3 aromatic rings. The lowest BCUT2D eigenvalue weighted by molar-refractivity contribution is -0.121. The molecule has 3 heterocycles. The first-order chi connectivity index (χ1) is 13.1. The van der Waals surface area contributed by atoms with Crippen LogP contribution in [0.5, 0.6) is 0 Å². The minimum Gasteiger partial charge on any atom is -0.373 e. The molecule has 27 heavy (non-hydrogen) atoms. The van der Waals surface area contributed by atoms with Crippen LogP contribution in [0.15, 0.2) is 65.8 Å². The van der Waals surface area contributed by atoms with Crippen molar-refractivity contribution in [2.45, 2.75) is 12.5 Å². The molecular weight excluding hydrogens is 344 g/mol. The minimum absolute atomic E-state index is 0.122. The van der Waals surface area contributed by atoms with Crippen molar-refractivity contribution in [3.05, 3.63) is 77.0 Å². The Bertz CT molecular complexity index is 1010. The fourth-order valence-electron chi connectivity index (χ4n) is 3.30. The second-order valence-corrected chi connectivity index (χ2v) is 6.60. The molecule has 1 aliphatic rings. The molecule has 0 bridgehead atoms. The van der Waals surface area contributed by atoms with Gasteiger partial charge in [-0.2, -0.15) is 5.10 Å². The van der Waals surface area contributed by atoms with Gasteiger partial charge in [-0.25, -0.2) is 4.68 Å². The van der Waals surface area contributed by atoms with Crippen LogP contribution in [-0.4, -0.2) is 26.9 Å². The van der Waals surface area contributed by atoms with Gasteiger partial charge in [0.25, 0.3) is 0 Å². The van der Waals surface area contributed by atoms with Crippen molar-refractivity contribution < 1.29 is 9.53 Å². The number of aromatic nitrogens is 3. The Morgan fingerprint density at radius 2 is 2.00 bits per heavy atom. The number of benzene rings is 1. The van der Waals surface area contributed by atoms with Crippen LogP contribution in [0.1, 0.15) is 18.1 Å². The summed E-state index contributed by atoms with van der Waals surface area (Å²) in [4.78, 5) is 24.3. The molecule has 1 amide bonds. The fraction of sp³-hybridized carbons (Fsp3) is 0.250. The third kappa shape index (κ3) is 3.54. The van der Waals surface area contributed by atoms with Crippen molar-refractivity contribution in [2.75, 3.05) is 11.9 Å². The second-order valence-electron chi connectivity index (χ2n) is 6.60. The molecule has 1 N–H and O–H groups in total. The molecule has 1 saturated heterocycles. The number of nitrogens with zero attached hydrogens (tertiary/aromatic N) is 3. The Morgan fingerprint density at radius 3 is 2.78 bits per heavy atom. The van der Waals surface area contributed by atoms with Crippen LogP contribution in [0.2, 0.25) is 0 Å². The number of ether oxygens (including phenoxy) is 1. The molecule has 0 aliphatic carbocycles. The molecule has 2 atom stereocenters. The van der Waals surface area contributed by atoms with Gasteiger partial charge in [0, 0.05) is 37.7 Å². The Kier molecular flexibility index (Phi) is 4.60. The summed E-state index contributed by atoms with van der Waals surface area (Å²) >= 11 is 0. The average Bonchev–Trinajstić information content (AvgIpc) is 3.34. The highest BCUT2D eigenvalue weighted by atomic mass is 16.5. The number of aryl methyl sites for hydroxylation is 1. The number of hydrogen-bond donors (Lipinski definition) is 1. The number of hydrogen-bond acceptors (Lipinski definition) is 4. The minimum atomic E-state index is -0.338. The zero-order chi connectivity index (χ0) is 18.8. The van der Waals surface area contributed by atoms with E-state index in [1.54, 1.807) is 30.2 Å². The first kappa shape index (κ1) is 17.2. The third-order valence-electron chi connectivity index (χ3n) is 4.73. The van der Waals surface area contributed by atoms with E-state index in [4.69, 9.17) is 4.74 Å². The van der Waals surface area contributed by atoms with Gasteiger partial charge in [0.05, 0.1) is 29.6 Å². The van der Waals surface area contributed by atoms with Gasteiger partial charge >= 0.3 is 0 Å². The molecular formula is C20H20N4O3. The van der Waals surface area contributed by atoms with Gasteiger partial charge in [-0.1, -0.05) is 18.2 Å².